The Morgan fingerprint density at radius 2 is 2.12 bits per heavy atom. The van der Waals surface area contributed by atoms with Gasteiger partial charge < -0.3 is 15.3 Å². The first kappa shape index (κ1) is 13.9. The quantitative estimate of drug-likeness (QED) is 0.748. The van der Waals surface area contributed by atoms with Crippen LogP contribution in [0.1, 0.15) is 40.0 Å². The predicted octanol–water partition coefficient (Wildman–Crippen LogP) is 1.47. The molecular weight excluding hydrogens is 200 g/mol. The molecule has 4 atom stereocenters. The van der Waals surface area contributed by atoms with E-state index in [1.807, 2.05) is 0 Å². The van der Waals surface area contributed by atoms with Crippen molar-refractivity contribution in [2.45, 2.75) is 58.2 Å². The van der Waals surface area contributed by atoms with Gasteiger partial charge in [0.2, 0.25) is 0 Å². The van der Waals surface area contributed by atoms with Gasteiger partial charge in [-0.25, -0.2) is 0 Å². The van der Waals surface area contributed by atoms with Crippen molar-refractivity contribution >= 4 is 0 Å². The first-order chi connectivity index (χ1) is 7.54. The molecule has 16 heavy (non-hydrogen) atoms. The molecule has 1 heterocycles. The van der Waals surface area contributed by atoms with E-state index in [-0.39, 0.29) is 0 Å². The second-order valence-electron chi connectivity index (χ2n) is 5.54. The van der Waals surface area contributed by atoms with Crippen molar-refractivity contribution in [3.8, 4) is 0 Å². The predicted molar refractivity (Wildman–Crippen MR) is 68.6 cm³/mol. The van der Waals surface area contributed by atoms with E-state index < -0.39 is 0 Å². The number of aliphatic hydroxyl groups excluding tert-OH is 1. The molecule has 0 amide bonds. The highest BCUT2D eigenvalue weighted by Gasteiger charge is 2.29. The van der Waals surface area contributed by atoms with Crippen molar-refractivity contribution in [2.75, 3.05) is 20.2 Å². The molecule has 0 saturated carbocycles. The molecule has 3 heteroatoms. The molecule has 3 nitrogen and oxygen atoms in total. The van der Waals surface area contributed by atoms with Crippen LogP contribution in [0.25, 0.3) is 0 Å². The third-order valence-electron chi connectivity index (χ3n) is 3.90. The van der Waals surface area contributed by atoms with E-state index in [9.17, 15) is 0 Å². The Labute approximate surface area is 100 Å². The molecule has 0 spiro atoms. The zero-order valence-electron chi connectivity index (χ0n) is 11.2. The van der Waals surface area contributed by atoms with Crippen molar-refractivity contribution in [1.82, 2.24) is 10.2 Å². The molecule has 0 aromatic rings. The third kappa shape index (κ3) is 4.04. The summed E-state index contributed by atoms with van der Waals surface area (Å²) in [6.45, 7) is 8.36. The van der Waals surface area contributed by atoms with E-state index in [4.69, 9.17) is 5.11 Å². The zero-order chi connectivity index (χ0) is 12.1. The van der Waals surface area contributed by atoms with Gasteiger partial charge >= 0.3 is 0 Å². The van der Waals surface area contributed by atoms with Crippen LogP contribution in [0.3, 0.4) is 0 Å². The Bertz CT molecular complexity index is 198. The molecule has 4 unspecified atom stereocenters. The van der Waals surface area contributed by atoms with Crippen LogP contribution in [0, 0.1) is 5.92 Å². The van der Waals surface area contributed by atoms with Crippen molar-refractivity contribution in [3.63, 3.8) is 0 Å². The summed E-state index contributed by atoms with van der Waals surface area (Å²) in [7, 11) is 2.21. The summed E-state index contributed by atoms with van der Waals surface area (Å²) in [6.07, 6.45) is 3.22. The summed E-state index contributed by atoms with van der Waals surface area (Å²) < 4.78 is 0. The lowest BCUT2D eigenvalue weighted by molar-refractivity contribution is 0.115. The van der Waals surface area contributed by atoms with Gasteiger partial charge in [0.1, 0.15) is 0 Å². The van der Waals surface area contributed by atoms with Crippen LogP contribution in [0.4, 0.5) is 0 Å². The van der Waals surface area contributed by atoms with E-state index >= 15 is 0 Å². The van der Waals surface area contributed by atoms with Gasteiger partial charge in [0.15, 0.2) is 0 Å². The van der Waals surface area contributed by atoms with E-state index in [1.165, 1.54) is 13.0 Å². The van der Waals surface area contributed by atoms with Crippen molar-refractivity contribution in [1.29, 1.82) is 0 Å². The number of piperidine rings is 1. The zero-order valence-corrected chi connectivity index (χ0v) is 11.2. The van der Waals surface area contributed by atoms with Crippen LogP contribution in [0.5, 0.6) is 0 Å². The van der Waals surface area contributed by atoms with Crippen molar-refractivity contribution in [2.24, 2.45) is 5.92 Å². The third-order valence-corrected chi connectivity index (χ3v) is 3.90. The number of nitrogens with zero attached hydrogens (tertiary/aromatic N) is 1. The van der Waals surface area contributed by atoms with E-state index in [1.54, 1.807) is 0 Å². The normalized spacial score (nSPS) is 33.9. The minimum absolute atomic E-state index is 0.311. The summed E-state index contributed by atoms with van der Waals surface area (Å²) in [6, 6.07) is 1.84. The van der Waals surface area contributed by atoms with Gasteiger partial charge in [-0.3, -0.25) is 0 Å². The van der Waals surface area contributed by atoms with Crippen molar-refractivity contribution < 1.29 is 5.11 Å². The monoisotopic (exact) mass is 228 g/mol. The highest BCUT2D eigenvalue weighted by atomic mass is 16.2. The van der Waals surface area contributed by atoms with Crippen LogP contribution in [0.2, 0.25) is 0 Å². The Hall–Kier alpha value is -0.120. The highest BCUT2D eigenvalue weighted by Crippen LogP contribution is 2.21. The van der Waals surface area contributed by atoms with Crippen LogP contribution in [-0.4, -0.2) is 48.3 Å². The number of aliphatic hydroxyl groups is 1. The summed E-state index contributed by atoms with van der Waals surface area (Å²) >= 11 is 0. The summed E-state index contributed by atoms with van der Waals surface area (Å²) in [5.41, 5.74) is 0. The lowest BCUT2D eigenvalue weighted by Crippen LogP contribution is -2.52. The van der Waals surface area contributed by atoms with Gasteiger partial charge in [-0.1, -0.05) is 6.92 Å². The number of nitrogens with one attached hydrogen (secondary N) is 1. The molecule has 1 aliphatic heterocycles. The fraction of sp³-hybridized carbons (Fsp3) is 1.00. The minimum Gasteiger partial charge on any atom is -0.396 e. The Kier molecular flexibility index (Phi) is 5.73. The average Bonchev–Trinajstić information content (AvgIpc) is 2.23. The number of hydrogen-bond donors (Lipinski definition) is 2. The molecule has 1 fully saturated rings. The van der Waals surface area contributed by atoms with E-state index in [0.717, 1.165) is 18.8 Å². The largest absolute Gasteiger partial charge is 0.396 e. The molecule has 1 saturated heterocycles. The molecule has 0 radical (unpaired) electrons. The molecular formula is C13H28N2O. The molecule has 0 bridgehead atoms. The Balaban J connectivity index is 2.35. The smallest absolute Gasteiger partial charge is 0.0431 e. The van der Waals surface area contributed by atoms with E-state index in [2.05, 4.69) is 38.0 Å². The van der Waals surface area contributed by atoms with Crippen LogP contribution in [-0.2, 0) is 0 Å². The highest BCUT2D eigenvalue weighted by molar-refractivity contribution is 4.87. The van der Waals surface area contributed by atoms with Crippen LogP contribution in [0.15, 0.2) is 0 Å². The lowest BCUT2D eigenvalue weighted by atomic mass is 9.89. The first-order valence-electron chi connectivity index (χ1n) is 6.61. The maximum Gasteiger partial charge on any atom is 0.0431 e. The van der Waals surface area contributed by atoms with Gasteiger partial charge in [-0.05, 0) is 46.1 Å². The van der Waals surface area contributed by atoms with E-state index in [0.29, 0.717) is 24.7 Å². The maximum atomic E-state index is 8.82. The molecule has 1 rings (SSSR count). The standard InChI is InChI=1S/C13H28N2O/c1-10-9-15(4)12(3)8-13(10)14-11(2)6-5-7-16/h10-14,16H,5-9H2,1-4H3. The summed E-state index contributed by atoms with van der Waals surface area (Å²) in [5.74, 6) is 0.720. The Morgan fingerprint density at radius 1 is 1.44 bits per heavy atom. The summed E-state index contributed by atoms with van der Waals surface area (Å²) in [4.78, 5) is 2.45. The molecule has 0 aliphatic carbocycles. The SMILES string of the molecule is CC(CCCO)NC1CC(C)N(C)CC1C. The van der Waals surface area contributed by atoms with Gasteiger partial charge in [0.05, 0.1) is 0 Å². The maximum absolute atomic E-state index is 8.82. The molecule has 96 valence electrons. The van der Waals surface area contributed by atoms with Gasteiger partial charge in [-0.15, -0.1) is 0 Å². The number of rotatable bonds is 5. The fourth-order valence-electron chi connectivity index (χ4n) is 2.62. The number of hydrogen-bond acceptors (Lipinski definition) is 3. The van der Waals surface area contributed by atoms with Crippen molar-refractivity contribution in [3.05, 3.63) is 0 Å². The minimum atomic E-state index is 0.311. The fourth-order valence-corrected chi connectivity index (χ4v) is 2.62. The van der Waals surface area contributed by atoms with Crippen LogP contribution >= 0.6 is 0 Å². The summed E-state index contributed by atoms with van der Waals surface area (Å²) in [5, 5.41) is 12.5. The average molecular weight is 228 g/mol. The second kappa shape index (κ2) is 6.58. The molecule has 2 N–H and O–H groups in total. The Morgan fingerprint density at radius 3 is 2.75 bits per heavy atom. The molecule has 0 aromatic heterocycles. The lowest BCUT2D eigenvalue weighted by Gasteiger charge is -2.41. The van der Waals surface area contributed by atoms with Gasteiger partial charge in [0, 0.05) is 31.3 Å². The van der Waals surface area contributed by atoms with Gasteiger partial charge in [-0.2, -0.15) is 0 Å². The second-order valence-corrected chi connectivity index (χ2v) is 5.54. The number of likely N-dealkylation sites (tertiary alicyclic amines) is 1. The first-order valence-corrected chi connectivity index (χ1v) is 6.61. The van der Waals surface area contributed by atoms with Gasteiger partial charge in [0.25, 0.3) is 0 Å². The topological polar surface area (TPSA) is 35.5 Å². The molecule has 1 aliphatic rings. The van der Waals surface area contributed by atoms with Crippen LogP contribution < -0.4 is 5.32 Å². The molecule has 0 aromatic carbocycles.